The molecular formula is C10H13N5O. The van der Waals surface area contributed by atoms with Gasteiger partial charge in [-0.1, -0.05) is 0 Å². The molecule has 16 heavy (non-hydrogen) atoms. The zero-order valence-electron chi connectivity index (χ0n) is 9.00. The number of ether oxygens (including phenoxy) is 1. The average Bonchev–Trinajstić information content (AvgIpc) is 2.78. The van der Waals surface area contributed by atoms with E-state index < -0.39 is 0 Å². The van der Waals surface area contributed by atoms with Gasteiger partial charge in [0.25, 0.3) is 0 Å². The third-order valence-electron chi connectivity index (χ3n) is 2.17. The van der Waals surface area contributed by atoms with Crippen molar-refractivity contribution in [3.63, 3.8) is 0 Å². The first-order chi connectivity index (χ1) is 7.85. The van der Waals surface area contributed by atoms with Crippen LogP contribution in [0.2, 0.25) is 0 Å². The van der Waals surface area contributed by atoms with Crippen LogP contribution in [-0.2, 0) is 6.42 Å². The van der Waals surface area contributed by atoms with Crippen molar-refractivity contribution in [1.82, 2.24) is 19.5 Å². The predicted molar refractivity (Wildman–Crippen MR) is 58.5 cm³/mol. The fourth-order valence-corrected chi connectivity index (χ4v) is 1.43. The first kappa shape index (κ1) is 10.6. The Morgan fingerprint density at radius 2 is 2.25 bits per heavy atom. The summed E-state index contributed by atoms with van der Waals surface area (Å²) in [5, 5.41) is 0. The van der Waals surface area contributed by atoms with Crippen LogP contribution in [0.1, 0.15) is 5.82 Å². The summed E-state index contributed by atoms with van der Waals surface area (Å²) in [7, 11) is 1.57. The molecule has 84 valence electrons. The van der Waals surface area contributed by atoms with Gasteiger partial charge in [-0.15, -0.1) is 0 Å². The summed E-state index contributed by atoms with van der Waals surface area (Å²) >= 11 is 0. The number of hydrogen-bond donors (Lipinski definition) is 1. The number of nitrogens with two attached hydrogens (primary N) is 1. The second kappa shape index (κ2) is 4.71. The second-order valence-corrected chi connectivity index (χ2v) is 3.17. The average molecular weight is 219 g/mol. The Morgan fingerprint density at radius 1 is 1.38 bits per heavy atom. The largest absolute Gasteiger partial charge is 0.481 e. The minimum absolute atomic E-state index is 0.525. The zero-order valence-corrected chi connectivity index (χ0v) is 9.00. The van der Waals surface area contributed by atoms with Crippen LogP contribution >= 0.6 is 0 Å². The van der Waals surface area contributed by atoms with E-state index in [4.69, 9.17) is 10.5 Å². The van der Waals surface area contributed by atoms with E-state index in [1.54, 1.807) is 19.4 Å². The molecule has 2 heterocycles. The number of rotatable bonds is 4. The van der Waals surface area contributed by atoms with Gasteiger partial charge in [0.15, 0.2) is 0 Å². The Hall–Kier alpha value is -1.95. The van der Waals surface area contributed by atoms with Crippen molar-refractivity contribution in [3.05, 3.63) is 30.6 Å². The molecule has 0 aromatic carbocycles. The lowest BCUT2D eigenvalue weighted by atomic mass is 10.4. The fraction of sp³-hybridized carbons (Fsp3) is 0.300. The third-order valence-corrected chi connectivity index (χ3v) is 2.17. The summed E-state index contributed by atoms with van der Waals surface area (Å²) in [6, 6.07) is 1.75. The van der Waals surface area contributed by atoms with Crippen molar-refractivity contribution in [3.8, 4) is 11.7 Å². The highest BCUT2D eigenvalue weighted by Gasteiger charge is 2.06. The van der Waals surface area contributed by atoms with Gasteiger partial charge in [-0.25, -0.2) is 15.0 Å². The van der Waals surface area contributed by atoms with E-state index in [0.29, 0.717) is 18.8 Å². The monoisotopic (exact) mass is 219 g/mol. The highest BCUT2D eigenvalue weighted by Crippen LogP contribution is 2.12. The van der Waals surface area contributed by atoms with Crippen molar-refractivity contribution in [2.45, 2.75) is 6.42 Å². The molecule has 2 N–H and O–H groups in total. The minimum atomic E-state index is 0.525. The molecule has 0 bridgehead atoms. The van der Waals surface area contributed by atoms with Crippen LogP contribution in [0.5, 0.6) is 5.88 Å². The van der Waals surface area contributed by atoms with Gasteiger partial charge in [-0.05, 0) is 6.54 Å². The second-order valence-electron chi connectivity index (χ2n) is 3.17. The fourth-order valence-electron chi connectivity index (χ4n) is 1.43. The van der Waals surface area contributed by atoms with Crippen LogP contribution in [0.25, 0.3) is 5.82 Å². The molecule has 0 unspecified atom stereocenters. The summed E-state index contributed by atoms with van der Waals surface area (Å²) in [4.78, 5) is 12.3. The SMILES string of the molecule is COc1cc(-n2ccnc2CCN)ncn1. The highest BCUT2D eigenvalue weighted by atomic mass is 16.5. The van der Waals surface area contributed by atoms with Gasteiger partial charge in [0.2, 0.25) is 5.88 Å². The van der Waals surface area contributed by atoms with Gasteiger partial charge >= 0.3 is 0 Å². The number of hydrogen-bond acceptors (Lipinski definition) is 5. The van der Waals surface area contributed by atoms with E-state index in [2.05, 4.69) is 15.0 Å². The van der Waals surface area contributed by atoms with E-state index >= 15 is 0 Å². The summed E-state index contributed by atoms with van der Waals surface area (Å²) in [6.45, 7) is 0.555. The van der Waals surface area contributed by atoms with Crippen LogP contribution < -0.4 is 10.5 Å². The molecule has 6 nitrogen and oxygen atoms in total. The molecule has 0 fully saturated rings. The standard InChI is InChI=1S/C10H13N5O/c1-16-10-6-9(13-7-14-10)15-5-4-12-8(15)2-3-11/h4-7H,2-3,11H2,1H3. The molecule has 0 spiro atoms. The summed E-state index contributed by atoms with van der Waals surface area (Å²) in [5.74, 6) is 2.13. The molecule has 2 aromatic heterocycles. The van der Waals surface area contributed by atoms with Crippen LogP contribution in [0.15, 0.2) is 24.8 Å². The van der Waals surface area contributed by atoms with E-state index in [0.717, 1.165) is 11.6 Å². The molecule has 0 saturated carbocycles. The summed E-state index contributed by atoms with van der Waals surface area (Å²) in [5.41, 5.74) is 5.51. The van der Waals surface area contributed by atoms with Crippen LogP contribution in [-0.4, -0.2) is 33.2 Å². The van der Waals surface area contributed by atoms with Gasteiger partial charge < -0.3 is 10.5 Å². The lowest BCUT2D eigenvalue weighted by Gasteiger charge is -2.06. The van der Waals surface area contributed by atoms with Crippen molar-refractivity contribution >= 4 is 0 Å². The van der Waals surface area contributed by atoms with Gasteiger partial charge in [-0.3, -0.25) is 4.57 Å². The Bertz CT molecular complexity index is 468. The maximum Gasteiger partial charge on any atom is 0.218 e. The lowest BCUT2D eigenvalue weighted by molar-refractivity contribution is 0.396. The smallest absolute Gasteiger partial charge is 0.218 e. The van der Waals surface area contributed by atoms with Gasteiger partial charge in [0, 0.05) is 24.9 Å². The van der Waals surface area contributed by atoms with E-state index in [1.165, 1.54) is 6.33 Å². The number of methoxy groups -OCH3 is 1. The number of imidazole rings is 1. The molecule has 0 radical (unpaired) electrons. The predicted octanol–water partition coefficient (Wildman–Crippen LogP) is 0.172. The summed E-state index contributed by atoms with van der Waals surface area (Å²) < 4.78 is 6.92. The molecular weight excluding hydrogens is 206 g/mol. The first-order valence-electron chi connectivity index (χ1n) is 4.94. The maximum absolute atomic E-state index is 5.51. The van der Waals surface area contributed by atoms with E-state index in [1.807, 2.05) is 10.8 Å². The van der Waals surface area contributed by atoms with Crippen molar-refractivity contribution < 1.29 is 4.74 Å². The van der Waals surface area contributed by atoms with Gasteiger partial charge in [0.1, 0.15) is 18.0 Å². The Morgan fingerprint density at radius 3 is 3.00 bits per heavy atom. The maximum atomic E-state index is 5.51. The van der Waals surface area contributed by atoms with E-state index in [9.17, 15) is 0 Å². The van der Waals surface area contributed by atoms with Crippen LogP contribution in [0.3, 0.4) is 0 Å². The van der Waals surface area contributed by atoms with Crippen molar-refractivity contribution in [2.24, 2.45) is 5.73 Å². The molecule has 0 aliphatic heterocycles. The molecule has 0 aliphatic carbocycles. The zero-order chi connectivity index (χ0) is 11.4. The molecule has 6 heteroatoms. The van der Waals surface area contributed by atoms with Crippen LogP contribution in [0.4, 0.5) is 0 Å². The topological polar surface area (TPSA) is 78.9 Å². The molecule has 0 aliphatic rings. The van der Waals surface area contributed by atoms with Crippen molar-refractivity contribution in [1.29, 1.82) is 0 Å². The Labute approximate surface area is 93.1 Å². The molecule has 0 atom stereocenters. The quantitative estimate of drug-likeness (QED) is 0.793. The highest BCUT2D eigenvalue weighted by molar-refractivity contribution is 5.28. The first-order valence-corrected chi connectivity index (χ1v) is 4.94. The third kappa shape index (κ3) is 2.01. The Kier molecular flexibility index (Phi) is 3.11. The summed E-state index contributed by atoms with van der Waals surface area (Å²) in [6.07, 6.45) is 5.73. The molecule has 0 saturated heterocycles. The van der Waals surface area contributed by atoms with Gasteiger partial charge in [-0.2, -0.15) is 0 Å². The molecule has 2 rings (SSSR count). The minimum Gasteiger partial charge on any atom is -0.481 e. The van der Waals surface area contributed by atoms with Crippen LogP contribution in [0, 0.1) is 0 Å². The van der Waals surface area contributed by atoms with Gasteiger partial charge in [0.05, 0.1) is 7.11 Å². The normalized spacial score (nSPS) is 10.4. The molecule has 2 aromatic rings. The van der Waals surface area contributed by atoms with E-state index in [-0.39, 0.29) is 0 Å². The van der Waals surface area contributed by atoms with Crippen molar-refractivity contribution in [2.75, 3.05) is 13.7 Å². The Balaban J connectivity index is 2.37. The molecule has 0 amide bonds. The lowest BCUT2D eigenvalue weighted by Crippen LogP contribution is -2.09. The number of nitrogens with zero attached hydrogens (tertiary/aromatic N) is 4. The number of aromatic nitrogens is 4.